The number of nitrogens with zero attached hydrogens (tertiary/aromatic N) is 2. The monoisotopic (exact) mass is 224 g/mol. The van der Waals surface area contributed by atoms with Crippen LogP contribution < -0.4 is 0 Å². The molecule has 1 fully saturated rings. The van der Waals surface area contributed by atoms with E-state index in [0.29, 0.717) is 13.0 Å². The number of amides is 1. The van der Waals surface area contributed by atoms with Gasteiger partial charge in [0.25, 0.3) is 0 Å². The zero-order chi connectivity index (χ0) is 12.3. The molecule has 5 heteroatoms. The largest absolute Gasteiger partial charge is 0.444 e. The molecule has 0 aliphatic carbocycles. The van der Waals surface area contributed by atoms with Crippen LogP contribution >= 0.6 is 0 Å². The van der Waals surface area contributed by atoms with Gasteiger partial charge < -0.3 is 9.64 Å². The molecule has 0 N–H and O–H groups in total. The van der Waals surface area contributed by atoms with E-state index in [1.54, 1.807) is 20.8 Å². The third-order valence-corrected chi connectivity index (χ3v) is 2.23. The third-order valence-electron chi connectivity index (χ3n) is 2.23. The molecule has 0 aromatic carbocycles. The summed E-state index contributed by atoms with van der Waals surface area (Å²) in [6, 6.07) is 1.93. The smallest absolute Gasteiger partial charge is 0.410 e. The Morgan fingerprint density at radius 3 is 2.62 bits per heavy atom. The molecule has 1 atom stereocenters. The number of hydrogen-bond donors (Lipinski definition) is 0. The van der Waals surface area contributed by atoms with Crippen LogP contribution in [-0.2, 0) is 9.53 Å². The van der Waals surface area contributed by atoms with Crippen LogP contribution in [0.4, 0.5) is 4.79 Å². The summed E-state index contributed by atoms with van der Waals surface area (Å²) < 4.78 is 5.15. The summed E-state index contributed by atoms with van der Waals surface area (Å²) in [6.07, 6.45) is -0.0913. The highest BCUT2D eigenvalue weighted by atomic mass is 16.6. The van der Waals surface area contributed by atoms with Gasteiger partial charge in [-0.05, 0) is 27.2 Å². The normalized spacial score (nSPS) is 21.5. The van der Waals surface area contributed by atoms with Crippen LogP contribution in [0.25, 0.3) is 0 Å². The Morgan fingerprint density at radius 2 is 2.19 bits per heavy atom. The van der Waals surface area contributed by atoms with Crippen LogP contribution in [0.5, 0.6) is 0 Å². The molecule has 1 unspecified atom stereocenters. The summed E-state index contributed by atoms with van der Waals surface area (Å²) in [7, 11) is 0. The number of Topliss-reactive ketones (excluding diaryl/α,β-unsaturated/α-hetero) is 1. The lowest BCUT2D eigenvalue weighted by Gasteiger charge is -2.30. The number of ether oxygens (including phenoxy) is 1. The highest BCUT2D eigenvalue weighted by Crippen LogP contribution is 2.16. The number of nitriles is 1. The Balaban J connectivity index is 2.56. The minimum absolute atomic E-state index is 0.0207. The molecular formula is C11H16N2O3. The Bertz CT molecular complexity index is 338. The van der Waals surface area contributed by atoms with E-state index in [0.717, 1.165) is 0 Å². The molecule has 0 aromatic rings. The molecule has 1 aliphatic rings. The van der Waals surface area contributed by atoms with Crippen LogP contribution in [0.1, 0.15) is 27.2 Å². The lowest BCUT2D eigenvalue weighted by Crippen LogP contribution is -2.45. The lowest BCUT2D eigenvalue weighted by atomic mass is 9.97. The van der Waals surface area contributed by atoms with Gasteiger partial charge in [-0.25, -0.2) is 4.79 Å². The summed E-state index contributed by atoms with van der Waals surface area (Å²) in [4.78, 5) is 24.4. The molecule has 1 amide bonds. The van der Waals surface area contributed by atoms with Crippen LogP contribution in [0.15, 0.2) is 0 Å². The van der Waals surface area contributed by atoms with E-state index in [2.05, 4.69) is 0 Å². The first-order chi connectivity index (χ1) is 7.33. The SMILES string of the molecule is CC(C)(C)OC(=O)N1CCC(C#N)C(=O)C1. The molecule has 5 nitrogen and oxygen atoms in total. The average Bonchev–Trinajstić information content (AvgIpc) is 2.15. The first-order valence-corrected chi connectivity index (χ1v) is 5.24. The van der Waals surface area contributed by atoms with Crippen molar-refractivity contribution < 1.29 is 14.3 Å². The fraction of sp³-hybridized carbons (Fsp3) is 0.727. The van der Waals surface area contributed by atoms with Crippen molar-refractivity contribution in [1.29, 1.82) is 5.26 Å². The van der Waals surface area contributed by atoms with Gasteiger partial charge in [-0.3, -0.25) is 4.79 Å². The summed E-state index contributed by atoms with van der Waals surface area (Å²) in [5.41, 5.74) is -0.563. The van der Waals surface area contributed by atoms with Gasteiger partial charge in [0.15, 0.2) is 5.78 Å². The summed E-state index contributed by atoms with van der Waals surface area (Å²) in [5, 5.41) is 8.67. The number of likely N-dealkylation sites (tertiary alicyclic amines) is 1. The molecule has 88 valence electrons. The van der Waals surface area contributed by atoms with E-state index in [1.807, 2.05) is 6.07 Å². The van der Waals surface area contributed by atoms with Gasteiger partial charge in [-0.1, -0.05) is 0 Å². The van der Waals surface area contributed by atoms with Crippen molar-refractivity contribution in [1.82, 2.24) is 4.90 Å². The second kappa shape index (κ2) is 4.52. The van der Waals surface area contributed by atoms with Gasteiger partial charge in [0, 0.05) is 6.54 Å². The predicted octanol–water partition coefficient (Wildman–Crippen LogP) is 1.34. The highest BCUT2D eigenvalue weighted by molar-refractivity contribution is 5.88. The molecule has 0 radical (unpaired) electrons. The molecule has 1 saturated heterocycles. The number of carbonyl (C=O) groups excluding carboxylic acids is 2. The maximum Gasteiger partial charge on any atom is 0.410 e. The summed E-state index contributed by atoms with van der Waals surface area (Å²) in [6.45, 7) is 5.70. The first-order valence-electron chi connectivity index (χ1n) is 5.24. The van der Waals surface area contributed by atoms with Gasteiger partial charge in [0.05, 0.1) is 12.6 Å². The number of rotatable bonds is 0. The van der Waals surface area contributed by atoms with Crippen molar-refractivity contribution in [2.75, 3.05) is 13.1 Å². The molecule has 16 heavy (non-hydrogen) atoms. The van der Waals surface area contributed by atoms with E-state index in [1.165, 1.54) is 4.90 Å². The zero-order valence-corrected chi connectivity index (χ0v) is 9.82. The van der Waals surface area contributed by atoms with E-state index in [4.69, 9.17) is 10.00 Å². The second-order valence-electron chi connectivity index (χ2n) is 4.84. The third kappa shape index (κ3) is 3.23. The predicted molar refractivity (Wildman–Crippen MR) is 56.5 cm³/mol. The van der Waals surface area contributed by atoms with Crippen LogP contribution in [-0.4, -0.2) is 35.5 Å². The van der Waals surface area contributed by atoms with E-state index < -0.39 is 17.6 Å². The molecule has 1 aliphatic heterocycles. The maximum absolute atomic E-state index is 11.6. The van der Waals surface area contributed by atoms with Crippen molar-refractivity contribution >= 4 is 11.9 Å². The van der Waals surface area contributed by atoms with Crippen molar-refractivity contribution in [2.45, 2.75) is 32.8 Å². The highest BCUT2D eigenvalue weighted by Gasteiger charge is 2.31. The molecule has 1 heterocycles. The van der Waals surface area contributed by atoms with Crippen molar-refractivity contribution in [3.05, 3.63) is 0 Å². The summed E-state index contributed by atoms with van der Waals surface area (Å²) >= 11 is 0. The fourth-order valence-electron chi connectivity index (χ4n) is 1.44. The Labute approximate surface area is 95.0 Å². The topological polar surface area (TPSA) is 70.4 Å². The quantitative estimate of drug-likeness (QED) is 0.622. The van der Waals surface area contributed by atoms with Gasteiger partial charge in [0.2, 0.25) is 0 Å². The van der Waals surface area contributed by atoms with Crippen LogP contribution in [0.2, 0.25) is 0 Å². The average molecular weight is 224 g/mol. The molecular weight excluding hydrogens is 208 g/mol. The van der Waals surface area contributed by atoms with Crippen LogP contribution in [0.3, 0.4) is 0 Å². The molecule has 0 bridgehead atoms. The van der Waals surface area contributed by atoms with Gasteiger partial charge in [-0.2, -0.15) is 5.26 Å². The fourth-order valence-corrected chi connectivity index (χ4v) is 1.44. The van der Waals surface area contributed by atoms with Crippen molar-refractivity contribution in [2.24, 2.45) is 5.92 Å². The van der Waals surface area contributed by atoms with Gasteiger partial charge in [-0.15, -0.1) is 0 Å². The zero-order valence-electron chi connectivity index (χ0n) is 9.82. The number of carbonyl (C=O) groups is 2. The van der Waals surface area contributed by atoms with E-state index in [-0.39, 0.29) is 12.3 Å². The van der Waals surface area contributed by atoms with Gasteiger partial charge in [0.1, 0.15) is 11.5 Å². The number of hydrogen-bond acceptors (Lipinski definition) is 4. The standard InChI is InChI=1S/C11H16N2O3/c1-11(2,3)16-10(15)13-5-4-8(6-12)9(14)7-13/h8H,4-5,7H2,1-3H3. The summed E-state index contributed by atoms with van der Waals surface area (Å²) in [5.74, 6) is -0.779. The maximum atomic E-state index is 11.6. The Hall–Kier alpha value is -1.57. The molecule has 1 rings (SSSR count). The minimum Gasteiger partial charge on any atom is -0.444 e. The van der Waals surface area contributed by atoms with Crippen LogP contribution in [0, 0.1) is 17.2 Å². The Morgan fingerprint density at radius 1 is 1.56 bits per heavy atom. The minimum atomic E-state index is -0.571. The van der Waals surface area contributed by atoms with E-state index >= 15 is 0 Å². The molecule has 0 aromatic heterocycles. The number of piperidine rings is 1. The van der Waals surface area contributed by atoms with Crippen molar-refractivity contribution in [3.8, 4) is 6.07 Å². The number of ketones is 1. The molecule has 0 saturated carbocycles. The Kier molecular flexibility index (Phi) is 3.53. The lowest BCUT2D eigenvalue weighted by molar-refractivity contribution is -0.124. The van der Waals surface area contributed by atoms with E-state index in [9.17, 15) is 9.59 Å². The molecule has 0 spiro atoms. The van der Waals surface area contributed by atoms with Crippen molar-refractivity contribution in [3.63, 3.8) is 0 Å². The van der Waals surface area contributed by atoms with Gasteiger partial charge >= 0.3 is 6.09 Å². The first kappa shape index (κ1) is 12.5. The second-order valence-corrected chi connectivity index (χ2v) is 4.84.